The molecule has 0 aromatic heterocycles. The number of carboxylic acid groups (broad SMARTS) is 1. The van der Waals surface area contributed by atoms with Crippen LogP contribution in [0.15, 0.2) is 0 Å². The average molecular weight is 302 g/mol. The minimum Gasteiger partial charge on any atom is -0.481 e. The van der Waals surface area contributed by atoms with Gasteiger partial charge in [0.05, 0.1) is 25.9 Å². The Bertz CT molecular complexity index is 359. The number of aliphatic hydroxyl groups is 1. The van der Waals surface area contributed by atoms with E-state index < -0.39 is 17.9 Å². The van der Waals surface area contributed by atoms with E-state index in [9.17, 15) is 19.8 Å². The molecule has 0 spiro atoms. The Hall–Kier alpha value is -1.34. The van der Waals surface area contributed by atoms with Gasteiger partial charge in [-0.2, -0.15) is 0 Å². The van der Waals surface area contributed by atoms with Crippen molar-refractivity contribution in [2.45, 2.75) is 38.8 Å². The summed E-state index contributed by atoms with van der Waals surface area (Å²) in [4.78, 5) is 26.9. The normalized spacial score (nSPS) is 21.6. The molecule has 0 aromatic carbocycles. The minimum atomic E-state index is -0.951. The largest absolute Gasteiger partial charge is 0.481 e. The Morgan fingerprint density at radius 1 is 1.29 bits per heavy atom. The van der Waals surface area contributed by atoms with Gasteiger partial charge in [0.1, 0.15) is 5.92 Å². The van der Waals surface area contributed by atoms with Crippen molar-refractivity contribution in [1.82, 2.24) is 9.80 Å². The number of ether oxygens (including phenoxy) is 1. The molecule has 2 atom stereocenters. The molecule has 1 aliphatic rings. The number of nitrogens with zero attached hydrogens (tertiary/aromatic N) is 2. The van der Waals surface area contributed by atoms with E-state index in [0.717, 1.165) is 12.8 Å². The van der Waals surface area contributed by atoms with Crippen LogP contribution in [-0.2, 0) is 9.53 Å². The third-order valence-electron chi connectivity index (χ3n) is 4.14. The second-order valence-electron chi connectivity index (χ2n) is 5.33. The van der Waals surface area contributed by atoms with Gasteiger partial charge in [-0.05, 0) is 12.8 Å². The number of aliphatic hydroxyl groups excluding tert-OH is 1. The molecule has 0 radical (unpaired) electrons. The summed E-state index contributed by atoms with van der Waals surface area (Å²) in [6.45, 7) is 4.48. The lowest BCUT2D eigenvalue weighted by Gasteiger charge is -2.36. The summed E-state index contributed by atoms with van der Waals surface area (Å²) in [5.41, 5.74) is 0. The van der Waals surface area contributed by atoms with Crippen LogP contribution in [0.1, 0.15) is 26.7 Å². The highest BCUT2D eigenvalue weighted by Gasteiger charge is 2.40. The summed E-state index contributed by atoms with van der Waals surface area (Å²) >= 11 is 0. The number of carbonyl (C=O) groups excluding carboxylic acids is 1. The molecule has 21 heavy (non-hydrogen) atoms. The zero-order chi connectivity index (χ0) is 16.0. The van der Waals surface area contributed by atoms with Crippen LogP contribution in [0.5, 0.6) is 0 Å². The van der Waals surface area contributed by atoms with Crippen LogP contribution in [-0.4, -0.2) is 77.5 Å². The van der Waals surface area contributed by atoms with E-state index in [1.165, 1.54) is 4.90 Å². The fourth-order valence-corrected chi connectivity index (χ4v) is 2.78. The van der Waals surface area contributed by atoms with Crippen LogP contribution in [0, 0.1) is 5.92 Å². The monoisotopic (exact) mass is 302 g/mol. The van der Waals surface area contributed by atoms with Crippen LogP contribution in [0.3, 0.4) is 0 Å². The predicted octanol–water partition coefficient (Wildman–Crippen LogP) is 0.621. The molecule has 7 heteroatoms. The van der Waals surface area contributed by atoms with Crippen molar-refractivity contribution in [3.8, 4) is 0 Å². The number of likely N-dealkylation sites (N-methyl/N-ethyl adjacent to an activating group) is 1. The highest BCUT2D eigenvalue weighted by atomic mass is 16.5. The first kappa shape index (κ1) is 17.7. The Balaban J connectivity index is 2.84. The summed E-state index contributed by atoms with van der Waals surface area (Å²) in [6, 6.07) is -0.678. The quantitative estimate of drug-likeness (QED) is 0.719. The molecule has 2 amide bonds. The van der Waals surface area contributed by atoms with Crippen molar-refractivity contribution in [2.24, 2.45) is 5.92 Å². The number of carboxylic acids is 1. The van der Waals surface area contributed by atoms with Gasteiger partial charge in [-0.1, -0.05) is 13.8 Å². The number of hydrogen-bond acceptors (Lipinski definition) is 4. The second kappa shape index (κ2) is 8.19. The predicted molar refractivity (Wildman–Crippen MR) is 77.1 cm³/mol. The van der Waals surface area contributed by atoms with E-state index >= 15 is 0 Å². The Morgan fingerprint density at radius 2 is 1.90 bits per heavy atom. The van der Waals surface area contributed by atoms with E-state index in [4.69, 9.17) is 4.74 Å². The molecule has 2 N–H and O–H groups in total. The average Bonchev–Trinajstić information content (AvgIpc) is 2.95. The van der Waals surface area contributed by atoms with E-state index in [0.29, 0.717) is 0 Å². The molecular formula is C14H26N2O5. The second-order valence-corrected chi connectivity index (χ2v) is 5.33. The Labute approximate surface area is 125 Å². The van der Waals surface area contributed by atoms with Crippen molar-refractivity contribution in [3.05, 3.63) is 0 Å². The lowest BCUT2D eigenvalue weighted by molar-refractivity contribution is -0.142. The molecule has 1 heterocycles. The van der Waals surface area contributed by atoms with Crippen LogP contribution >= 0.6 is 0 Å². The molecule has 122 valence electrons. The van der Waals surface area contributed by atoms with Gasteiger partial charge in [0.2, 0.25) is 0 Å². The number of amides is 2. The number of aliphatic carboxylic acids is 1. The smallest absolute Gasteiger partial charge is 0.320 e. The van der Waals surface area contributed by atoms with E-state index in [2.05, 4.69) is 0 Å². The number of carbonyl (C=O) groups is 2. The van der Waals surface area contributed by atoms with Gasteiger partial charge in [0.15, 0.2) is 0 Å². The summed E-state index contributed by atoms with van der Waals surface area (Å²) in [6.07, 6.45) is 1.58. The highest BCUT2D eigenvalue weighted by Crippen LogP contribution is 2.21. The first-order valence-electron chi connectivity index (χ1n) is 7.42. The number of rotatable bonds is 7. The third kappa shape index (κ3) is 4.07. The summed E-state index contributed by atoms with van der Waals surface area (Å²) < 4.78 is 5.21. The van der Waals surface area contributed by atoms with Gasteiger partial charge in [-0.25, -0.2) is 4.79 Å². The highest BCUT2D eigenvalue weighted by molar-refractivity contribution is 5.77. The zero-order valence-electron chi connectivity index (χ0n) is 13.0. The van der Waals surface area contributed by atoms with Crippen molar-refractivity contribution in [1.29, 1.82) is 0 Å². The van der Waals surface area contributed by atoms with Gasteiger partial charge < -0.3 is 24.7 Å². The van der Waals surface area contributed by atoms with Crippen LogP contribution in [0.25, 0.3) is 0 Å². The van der Waals surface area contributed by atoms with Gasteiger partial charge in [-0.3, -0.25) is 4.79 Å². The molecule has 2 unspecified atom stereocenters. The topological polar surface area (TPSA) is 90.3 Å². The molecule has 7 nitrogen and oxygen atoms in total. The molecular weight excluding hydrogens is 276 g/mol. The minimum absolute atomic E-state index is 0.0395. The van der Waals surface area contributed by atoms with Gasteiger partial charge >= 0.3 is 12.0 Å². The lowest BCUT2D eigenvalue weighted by Crippen LogP contribution is -2.53. The maximum Gasteiger partial charge on any atom is 0.320 e. The van der Waals surface area contributed by atoms with Gasteiger partial charge in [0, 0.05) is 19.6 Å². The first-order chi connectivity index (χ1) is 9.97. The Morgan fingerprint density at radius 3 is 2.38 bits per heavy atom. The molecule has 0 aliphatic carbocycles. The molecule has 0 saturated carbocycles. The van der Waals surface area contributed by atoms with E-state index in [1.54, 1.807) is 11.9 Å². The van der Waals surface area contributed by atoms with Gasteiger partial charge in [0.25, 0.3) is 0 Å². The van der Waals surface area contributed by atoms with Crippen LogP contribution in [0.2, 0.25) is 0 Å². The molecule has 0 bridgehead atoms. The summed E-state index contributed by atoms with van der Waals surface area (Å²) in [5, 5.41) is 18.4. The van der Waals surface area contributed by atoms with Crippen LogP contribution in [0.4, 0.5) is 4.79 Å². The standard InChI is InChI=1S/C14H26N2O5/c1-4-10(5-2)16(6-7-17)14(20)15(3)12-9-21-8-11(12)13(18)19/h10-12,17H,4-9H2,1-3H3,(H,18,19). The number of urea groups is 1. The lowest BCUT2D eigenvalue weighted by atomic mass is 10.0. The molecule has 1 aliphatic heterocycles. The van der Waals surface area contributed by atoms with Crippen molar-refractivity contribution in [2.75, 3.05) is 33.4 Å². The fourth-order valence-electron chi connectivity index (χ4n) is 2.78. The summed E-state index contributed by atoms with van der Waals surface area (Å²) in [7, 11) is 1.60. The maximum absolute atomic E-state index is 12.6. The van der Waals surface area contributed by atoms with E-state index in [1.807, 2.05) is 13.8 Å². The third-order valence-corrected chi connectivity index (χ3v) is 4.14. The van der Waals surface area contributed by atoms with Crippen molar-refractivity contribution < 1.29 is 24.5 Å². The number of hydrogen-bond donors (Lipinski definition) is 2. The van der Waals surface area contributed by atoms with Crippen molar-refractivity contribution >= 4 is 12.0 Å². The summed E-state index contributed by atoms with van der Waals surface area (Å²) in [5.74, 6) is -1.65. The van der Waals surface area contributed by atoms with Gasteiger partial charge in [-0.15, -0.1) is 0 Å². The van der Waals surface area contributed by atoms with E-state index in [-0.39, 0.29) is 38.4 Å². The maximum atomic E-state index is 12.6. The molecule has 1 fully saturated rings. The van der Waals surface area contributed by atoms with Crippen molar-refractivity contribution in [3.63, 3.8) is 0 Å². The SMILES string of the molecule is CCC(CC)N(CCO)C(=O)N(C)C1COCC1C(=O)O. The Kier molecular flexibility index (Phi) is 6.91. The zero-order valence-corrected chi connectivity index (χ0v) is 13.0. The molecule has 0 aromatic rings. The first-order valence-corrected chi connectivity index (χ1v) is 7.42. The molecule has 1 rings (SSSR count). The fraction of sp³-hybridized carbons (Fsp3) is 0.857. The molecule has 1 saturated heterocycles. The van der Waals surface area contributed by atoms with Crippen LogP contribution < -0.4 is 0 Å².